The number of aromatic amines is 1. The molecule has 138 valence electrons. The molecule has 0 aliphatic carbocycles. The second-order valence-corrected chi connectivity index (χ2v) is 7.28. The second kappa shape index (κ2) is 7.62. The summed E-state index contributed by atoms with van der Waals surface area (Å²) in [6, 6.07) is 16.7. The van der Waals surface area contributed by atoms with E-state index in [-0.39, 0.29) is 5.56 Å². The summed E-state index contributed by atoms with van der Waals surface area (Å²) < 4.78 is 0. The normalized spacial score (nSPS) is 14.4. The Bertz CT molecular complexity index is 978. The molecule has 1 saturated heterocycles. The molecular formula is C20H18Cl2N4O. The predicted molar refractivity (Wildman–Crippen MR) is 111 cm³/mol. The molecule has 0 radical (unpaired) electrons. The molecule has 0 bridgehead atoms. The third-order valence-corrected chi connectivity index (χ3v) is 5.14. The van der Waals surface area contributed by atoms with Crippen LogP contribution in [0.4, 0.5) is 11.6 Å². The second-order valence-electron chi connectivity index (χ2n) is 6.41. The summed E-state index contributed by atoms with van der Waals surface area (Å²) in [5.74, 6) is 0.600. The Morgan fingerprint density at radius 3 is 2.00 bits per heavy atom. The molecule has 5 nitrogen and oxygen atoms in total. The van der Waals surface area contributed by atoms with Gasteiger partial charge >= 0.3 is 0 Å². The van der Waals surface area contributed by atoms with Crippen LogP contribution in [-0.2, 0) is 0 Å². The van der Waals surface area contributed by atoms with E-state index >= 15 is 0 Å². The first kappa shape index (κ1) is 17.9. The van der Waals surface area contributed by atoms with Gasteiger partial charge in [0.05, 0.1) is 5.69 Å². The predicted octanol–water partition coefficient (Wildman–Crippen LogP) is 4.07. The average molecular weight is 401 g/mol. The van der Waals surface area contributed by atoms with Crippen molar-refractivity contribution in [2.45, 2.75) is 0 Å². The molecule has 0 unspecified atom stereocenters. The number of nitrogens with one attached hydrogen (secondary N) is 1. The topological polar surface area (TPSA) is 52.2 Å². The maximum atomic E-state index is 12.1. The lowest BCUT2D eigenvalue weighted by Crippen LogP contribution is -2.47. The number of nitrogens with zero attached hydrogens (tertiary/aromatic N) is 3. The smallest absolute Gasteiger partial charge is 0.252 e. The minimum atomic E-state index is -0.162. The summed E-state index contributed by atoms with van der Waals surface area (Å²) >= 11 is 11.9. The van der Waals surface area contributed by atoms with Gasteiger partial charge in [-0.2, -0.15) is 0 Å². The molecule has 1 aliphatic heterocycles. The van der Waals surface area contributed by atoms with Crippen molar-refractivity contribution in [3.05, 3.63) is 75.0 Å². The summed E-state index contributed by atoms with van der Waals surface area (Å²) in [6.45, 7) is 3.23. The van der Waals surface area contributed by atoms with Crippen molar-refractivity contribution in [3.8, 4) is 11.3 Å². The van der Waals surface area contributed by atoms with E-state index in [1.807, 2.05) is 36.4 Å². The van der Waals surface area contributed by atoms with Crippen molar-refractivity contribution in [1.29, 1.82) is 0 Å². The van der Waals surface area contributed by atoms with Crippen LogP contribution in [0.15, 0.2) is 59.4 Å². The van der Waals surface area contributed by atoms with Crippen LogP contribution in [0.25, 0.3) is 11.3 Å². The van der Waals surface area contributed by atoms with Gasteiger partial charge in [-0.1, -0.05) is 35.3 Å². The van der Waals surface area contributed by atoms with Crippen molar-refractivity contribution >= 4 is 34.8 Å². The molecule has 1 fully saturated rings. The first-order chi connectivity index (χ1) is 13.1. The molecule has 4 rings (SSSR count). The van der Waals surface area contributed by atoms with Crippen LogP contribution in [0.1, 0.15) is 0 Å². The summed E-state index contributed by atoms with van der Waals surface area (Å²) in [6.07, 6.45) is 0. The third kappa shape index (κ3) is 4.10. The fourth-order valence-electron chi connectivity index (χ4n) is 3.19. The minimum absolute atomic E-state index is 0.162. The summed E-state index contributed by atoms with van der Waals surface area (Å²) in [5, 5.41) is 1.39. The number of aromatic nitrogens is 2. The first-order valence-corrected chi connectivity index (χ1v) is 9.47. The van der Waals surface area contributed by atoms with Gasteiger partial charge in [-0.15, -0.1) is 0 Å². The quantitative estimate of drug-likeness (QED) is 0.719. The maximum absolute atomic E-state index is 12.1. The Labute approximate surface area is 167 Å². The zero-order chi connectivity index (χ0) is 18.8. The fourth-order valence-corrected chi connectivity index (χ4v) is 3.44. The van der Waals surface area contributed by atoms with Gasteiger partial charge in [-0.3, -0.25) is 9.78 Å². The van der Waals surface area contributed by atoms with Gasteiger partial charge in [0, 0.05) is 53.5 Å². The SMILES string of the molecule is O=c1cc(-c2ccc(Cl)cc2)nc(N2CCN(c3ccc(Cl)cc3)CC2)[nH]1. The molecule has 1 aliphatic rings. The Morgan fingerprint density at radius 1 is 0.815 bits per heavy atom. The molecule has 0 amide bonds. The van der Waals surface area contributed by atoms with Crippen molar-refractivity contribution in [1.82, 2.24) is 9.97 Å². The number of benzene rings is 2. The lowest BCUT2D eigenvalue weighted by Gasteiger charge is -2.36. The molecule has 2 aromatic carbocycles. The van der Waals surface area contributed by atoms with Gasteiger partial charge in [0.2, 0.25) is 5.95 Å². The average Bonchev–Trinajstić information content (AvgIpc) is 2.69. The Balaban J connectivity index is 1.52. The van der Waals surface area contributed by atoms with Crippen LogP contribution in [-0.4, -0.2) is 36.1 Å². The van der Waals surface area contributed by atoms with Crippen LogP contribution in [0.5, 0.6) is 0 Å². The van der Waals surface area contributed by atoms with E-state index in [0.717, 1.165) is 42.5 Å². The molecule has 0 atom stereocenters. The van der Waals surface area contributed by atoms with Crippen molar-refractivity contribution in [2.24, 2.45) is 0 Å². The molecule has 3 aromatic rings. The van der Waals surface area contributed by atoms with Crippen LogP contribution in [0.2, 0.25) is 10.0 Å². The number of hydrogen-bond donors (Lipinski definition) is 1. The van der Waals surface area contributed by atoms with Crippen LogP contribution >= 0.6 is 23.2 Å². The fraction of sp³-hybridized carbons (Fsp3) is 0.200. The van der Waals surface area contributed by atoms with Gasteiger partial charge in [-0.25, -0.2) is 4.98 Å². The highest BCUT2D eigenvalue weighted by Crippen LogP contribution is 2.23. The molecule has 2 heterocycles. The summed E-state index contributed by atoms with van der Waals surface area (Å²) in [5.41, 5.74) is 2.50. The van der Waals surface area contributed by atoms with Gasteiger partial charge in [0.15, 0.2) is 0 Å². The number of halogens is 2. The zero-order valence-corrected chi connectivity index (χ0v) is 16.0. The van der Waals surface area contributed by atoms with Crippen LogP contribution in [0, 0.1) is 0 Å². The monoisotopic (exact) mass is 400 g/mol. The standard InChI is InChI=1S/C20H18Cl2N4O/c21-15-3-1-14(2-4-15)18-13-19(27)24-20(23-18)26-11-9-25(10-12-26)17-7-5-16(22)6-8-17/h1-8,13H,9-12H2,(H,23,24,27). The summed E-state index contributed by atoms with van der Waals surface area (Å²) in [4.78, 5) is 24.1. The van der Waals surface area contributed by atoms with E-state index in [0.29, 0.717) is 16.7 Å². The molecule has 1 aromatic heterocycles. The molecule has 0 saturated carbocycles. The number of hydrogen-bond acceptors (Lipinski definition) is 4. The Morgan fingerprint density at radius 2 is 1.37 bits per heavy atom. The zero-order valence-electron chi connectivity index (χ0n) is 14.5. The highest BCUT2D eigenvalue weighted by Gasteiger charge is 2.19. The van der Waals surface area contributed by atoms with Gasteiger partial charge < -0.3 is 9.80 Å². The number of anilines is 2. The molecule has 7 heteroatoms. The number of piperazine rings is 1. The van der Waals surface area contributed by atoms with Crippen molar-refractivity contribution in [2.75, 3.05) is 36.0 Å². The van der Waals surface area contributed by atoms with Crippen molar-refractivity contribution in [3.63, 3.8) is 0 Å². The van der Waals surface area contributed by atoms with E-state index in [2.05, 4.69) is 19.8 Å². The van der Waals surface area contributed by atoms with E-state index in [1.54, 1.807) is 12.1 Å². The molecule has 0 spiro atoms. The van der Waals surface area contributed by atoms with Crippen molar-refractivity contribution < 1.29 is 0 Å². The van der Waals surface area contributed by atoms with Gasteiger partial charge in [0.1, 0.15) is 0 Å². The molecular weight excluding hydrogens is 383 g/mol. The van der Waals surface area contributed by atoms with Gasteiger partial charge in [0.25, 0.3) is 5.56 Å². The molecule has 1 N–H and O–H groups in total. The van der Waals surface area contributed by atoms with E-state index < -0.39 is 0 Å². The summed E-state index contributed by atoms with van der Waals surface area (Å²) in [7, 11) is 0. The first-order valence-electron chi connectivity index (χ1n) is 8.71. The number of H-pyrrole nitrogens is 1. The lowest BCUT2D eigenvalue weighted by molar-refractivity contribution is 0.639. The highest BCUT2D eigenvalue weighted by molar-refractivity contribution is 6.30. The molecule has 27 heavy (non-hydrogen) atoms. The number of rotatable bonds is 3. The maximum Gasteiger partial charge on any atom is 0.252 e. The largest absolute Gasteiger partial charge is 0.368 e. The van der Waals surface area contributed by atoms with E-state index in [1.165, 1.54) is 6.07 Å². The lowest BCUT2D eigenvalue weighted by atomic mass is 10.1. The Kier molecular flexibility index (Phi) is 5.05. The van der Waals surface area contributed by atoms with E-state index in [9.17, 15) is 4.79 Å². The van der Waals surface area contributed by atoms with Gasteiger partial charge in [-0.05, 0) is 36.4 Å². The highest BCUT2D eigenvalue weighted by atomic mass is 35.5. The van der Waals surface area contributed by atoms with E-state index in [4.69, 9.17) is 23.2 Å². The van der Waals surface area contributed by atoms with Crippen LogP contribution in [0.3, 0.4) is 0 Å². The Hall–Kier alpha value is -2.50. The third-order valence-electron chi connectivity index (χ3n) is 4.64. The minimum Gasteiger partial charge on any atom is -0.368 e. The van der Waals surface area contributed by atoms with Crippen LogP contribution < -0.4 is 15.4 Å².